The molecule has 2 rings (SSSR count). The summed E-state index contributed by atoms with van der Waals surface area (Å²) in [7, 11) is 0. The molecule has 1 aromatic heterocycles. The Bertz CT molecular complexity index is 614. The molecule has 2 N–H and O–H groups in total. The number of aromatic amines is 1. The van der Waals surface area contributed by atoms with Crippen LogP contribution in [-0.2, 0) is 11.2 Å². The van der Waals surface area contributed by atoms with Gasteiger partial charge >= 0.3 is 0 Å². The van der Waals surface area contributed by atoms with E-state index in [1.54, 1.807) is 43.6 Å². The van der Waals surface area contributed by atoms with Crippen molar-refractivity contribution < 1.29 is 9.53 Å². The number of H-pyrrole nitrogens is 1. The Hall–Kier alpha value is -2.81. The Morgan fingerprint density at radius 1 is 1.48 bits per heavy atom. The highest BCUT2D eigenvalue weighted by Crippen LogP contribution is 2.13. The minimum atomic E-state index is -0.602. The molecule has 0 radical (unpaired) electrons. The fourth-order valence-electron chi connectivity index (χ4n) is 1.75. The zero-order valence-electron chi connectivity index (χ0n) is 11.7. The molecule has 1 aromatic carbocycles. The Morgan fingerprint density at radius 3 is 2.86 bits per heavy atom. The first-order valence-electron chi connectivity index (χ1n) is 6.62. The number of hydrogen-bond donors (Lipinski definition) is 2. The Kier molecular flexibility index (Phi) is 4.94. The molecule has 6 nitrogen and oxygen atoms in total. The zero-order valence-corrected chi connectivity index (χ0v) is 11.7. The SMILES string of the molecule is CC(Oc1ccc(C#N)cc1)C(=O)NCCc1ncc[nH]1. The zero-order chi connectivity index (χ0) is 15.1. The highest BCUT2D eigenvalue weighted by Gasteiger charge is 2.14. The first kappa shape index (κ1) is 14.6. The van der Waals surface area contributed by atoms with Crippen molar-refractivity contribution in [1.29, 1.82) is 5.26 Å². The van der Waals surface area contributed by atoms with Crippen molar-refractivity contribution in [2.45, 2.75) is 19.4 Å². The fraction of sp³-hybridized carbons (Fsp3) is 0.267. The van der Waals surface area contributed by atoms with Crippen LogP contribution in [0.4, 0.5) is 0 Å². The van der Waals surface area contributed by atoms with Crippen LogP contribution in [0.1, 0.15) is 18.3 Å². The van der Waals surface area contributed by atoms with Crippen molar-refractivity contribution in [1.82, 2.24) is 15.3 Å². The number of imidazole rings is 1. The summed E-state index contributed by atoms with van der Waals surface area (Å²) in [6.07, 6.45) is 3.46. The third kappa shape index (κ3) is 4.35. The molecule has 0 saturated heterocycles. The summed E-state index contributed by atoms with van der Waals surface area (Å²) in [5.74, 6) is 1.20. The van der Waals surface area contributed by atoms with E-state index in [1.165, 1.54) is 0 Å². The normalized spacial score (nSPS) is 11.4. The summed E-state index contributed by atoms with van der Waals surface area (Å²) >= 11 is 0. The maximum atomic E-state index is 11.9. The van der Waals surface area contributed by atoms with E-state index in [-0.39, 0.29) is 5.91 Å². The van der Waals surface area contributed by atoms with Crippen LogP contribution >= 0.6 is 0 Å². The molecule has 108 valence electrons. The minimum Gasteiger partial charge on any atom is -0.481 e. The average Bonchev–Trinajstić information content (AvgIpc) is 3.01. The molecule has 6 heteroatoms. The van der Waals surface area contributed by atoms with Gasteiger partial charge in [0.1, 0.15) is 11.6 Å². The van der Waals surface area contributed by atoms with Gasteiger partial charge in [0.25, 0.3) is 5.91 Å². The van der Waals surface area contributed by atoms with Gasteiger partial charge in [-0.15, -0.1) is 0 Å². The lowest BCUT2D eigenvalue weighted by Gasteiger charge is -2.14. The topological polar surface area (TPSA) is 90.8 Å². The summed E-state index contributed by atoms with van der Waals surface area (Å²) < 4.78 is 5.52. The Balaban J connectivity index is 1.77. The van der Waals surface area contributed by atoms with Crippen LogP contribution in [0, 0.1) is 11.3 Å². The van der Waals surface area contributed by atoms with E-state index in [4.69, 9.17) is 10.00 Å². The summed E-state index contributed by atoms with van der Waals surface area (Å²) in [6, 6.07) is 8.67. The predicted octanol–water partition coefficient (Wildman–Crippen LogP) is 1.41. The highest BCUT2D eigenvalue weighted by molar-refractivity contribution is 5.80. The second-order valence-electron chi connectivity index (χ2n) is 4.47. The van der Waals surface area contributed by atoms with Gasteiger partial charge in [-0.05, 0) is 31.2 Å². The number of ether oxygens (including phenoxy) is 1. The van der Waals surface area contributed by atoms with Crippen LogP contribution in [0.25, 0.3) is 0 Å². The molecule has 0 aliphatic carbocycles. The van der Waals surface area contributed by atoms with Gasteiger partial charge < -0.3 is 15.0 Å². The van der Waals surface area contributed by atoms with Gasteiger partial charge in [0.05, 0.1) is 11.6 Å². The lowest BCUT2D eigenvalue weighted by molar-refractivity contribution is -0.127. The van der Waals surface area contributed by atoms with E-state index >= 15 is 0 Å². The van der Waals surface area contributed by atoms with Gasteiger partial charge in [-0.3, -0.25) is 4.79 Å². The molecule has 0 aliphatic rings. The van der Waals surface area contributed by atoms with Crippen LogP contribution in [0.3, 0.4) is 0 Å². The molecule has 1 atom stereocenters. The summed E-state index contributed by atoms with van der Waals surface area (Å²) in [4.78, 5) is 18.9. The monoisotopic (exact) mass is 284 g/mol. The van der Waals surface area contributed by atoms with E-state index in [0.717, 1.165) is 5.82 Å². The Morgan fingerprint density at radius 2 is 2.24 bits per heavy atom. The molecule has 1 heterocycles. The third-order valence-corrected chi connectivity index (χ3v) is 2.88. The van der Waals surface area contributed by atoms with Gasteiger partial charge in [-0.2, -0.15) is 5.26 Å². The van der Waals surface area contributed by atoms with Crippen molar-refractivity contribution in [3.05, 3.63) is 48.0 Å². The van der Waals surface area contributed by atoms with E-state index in [1.807, 2.05) is 6.07 Å². The second-order valence-corrected chi connectivity index (χ2v) is 4.47. The van der Waals surface area contributed by atoms with Crippen molar-refractivity contribution in [3.63, 3.8) is 0 Å². The van der Waals surface area contributed by atoms with Crippen LogP contribution in [0.2, 0.25) is 0 Å². The van der Waals surface area contributed by atoms with Crippen LogP contribution < -0.4 is 10.1 Å². The van der Waals surface area contributed by atoms with Gasteiger partial charge in [-0.25, -0.2) is 4.98 Å². The van der Waals surface area contributed by atoms with E-state index in [2.05, 4.69) is 15.3 Å². The van der Waals surface area contributed by atoms with Gasteiger partial charge in [0, 0.05) is 25.4 Å². The first-order valence-corrected chi connectivity index (χ1v) is 6.62. The van der Waals surface area contributed by atoms with Gasteiger partial charge in [0.2, 0.25) is 0 Å². The number of amides is 1. The predicted molar refractivity (Wildman–Crippen MR) is 76.5 cm³/mol. The molecular formula is C15H16N4O2. The third-order valence-electron chi connectivity index (χ3n) is 2.88. The number of rotatable bonds is 6. The molecule has 21 heavy (non-hydrogen) atoms. The van der Waals surface area contributed by atoms with Crippen molar-refractivity contribution in [2.24, 2.45) is 0 Å². The maximum Gasteiger partial charge on any atom is 0.260 e. The highest BCUT2D eigenvalue weighted by atomic mass is 16.5. The van der Waals surface area contributed by atoms with Crippen LogP contribution in [-0.4, -0.2) is 28.5 Å². The molecule has 0 spiro atoms. The number of nitrogens with zero attached hydrogens (tertiary/aromatic N) is 2. The lowest BCUT2D eigenvalue weighted by atomic mass is 10.2. The second kappa shape index (κ2) is 7.10. The van der Waals surface area contributed by atoms with E-state index < -0.39 is 6.10 Å². The Labute approximate surface area is 122 Å². The molecular weight excluding hydrogens is 268 g/mol. The number of carbonyl (C=O) groups is 1. The van der Waals surface area contributed by atoms with E-state index in [0.29, 0.717) is 24.3 Å². The van der Waals surface area contributed by atoms with Crippen LogP contribution in [0.15, 0.2) is 36.7 Å². The number of benzene rings is 1. The smallest absolute Gasteiger partial charge is 0.260 e. The van der Waals surface area contributed by atoms with Crippen LogP contribution in [0.5, 0.6) is 5.75 Å². The molecule has 0 aliphatic heterocycles. The van der Waals surface area contributed by atoms with E-state index in [9.17, 15) is 4.79 Å². The summed E-state index contributed by atoms with van der Waals surface area (Å²) in [5, 5.41) is 11.5. The molecule has 0 fully saturated rings. The maximum absolute atomic E-state index is 11.9. The van der Waals surface area contributed by atoms with Crippen molar-refractivity contribution in [3.8, 4) is 11.8 Å². The quantitative estimate of drug-likeness (QED) is 0.839. The molecule has 0 saturated carbocycles. The molecule has 1 amide bonds. The minimum absolute atomic E-state index is 0.189. The summed E-state index contributed by atoms with van der Waals surface area (Å²) in [6.45, 7) is 2.17. The largest absolute Gasteiger partial charge is 0.481 e. The first-order chi connectivity index (χ1) is 10.2. The van der Waals surface area contributed by atoms with Crippen molar-refractivity contribution >= 4 is 5.91 Å². The molecule has 1 unspecified atom stereocenters. The van der Waals surface area contributed by atoms with Gasteiger partial charge in [0.15, 0.2) is 6.10 Å². The molecule has 2 aromatic rings. The number of hydrogen-bond acceptors (Lipinski definition) is 4. The number of aromatic nitrogens is 2. The number of carbonyl (C=O) groups excluding carboxylic acids is 1. The number of nitrogens with one attached hydrogen (secondary N) is 2. The fourth-order valence-corrected chi connectivity index (χ4v) is 1.75. The van der Waals surface area contributed by atoms with Crippen molar-refractivity contribution in [2.75, 3.05) is 6.54 Å². The standard InChI is InChI=1S/C15H16N4O2/c1-11(21-13-4-2-12(10-16)3-5-13)15(20)19-7-6-14-17-8-9-18-14/h2-5,8-9,11H,6-7H2,1H3,(H,17,18)(H,19,20). The number of nitriles is 1. The molecule has 0 bridgehead atoms. The average molecular weight is 284 g/mol. The van der Waals surface area contributed by atoms with Gasteiger partial charge in [-0.1, -0.05) is 0 Å². The summed E-state index contributed by atoms with van der Waals surface area (Å²) in [5.41, 5.74) is 0.554. The lowest BCUT2D eigenvalue weighted by Crippen LogP contribution is -2.37.